The molecule has 2 unspecified atom stereocenters. The maximum absolute atomic E-state index is 6.13. The maximum atomic E-state index is 6.13. The fraction of sp³-hybridized carbons (Fsp3) is 0.455. The fourth-order valence-corrected chi connectivity index (χ4v) is 2.89. The minimum absolute atomic E-state index is 0.178. The molecule has 1 aromatic rings. The largest absolute Gasteiger partial charge is 0.497 e. The van der Waals surface area contributed by atoms with Gasteiger partial charge in [-0.15, -0.1) is 11.8 Å². The van der Waals surface area contributed by atoms with Crippen LogP contribution >= 0.6 is 11.8 Å². The van der Waals surface area contributed by atoms with Crippen molar-refractivity contribution in [2.45, 2.75) is 17.9 Å². The summed E-state index contributed by atoms with van der Waals surface area (Å²) >= 11 is 1.87. The van der Waals surface area contributed by atoms with E-state index in [1.165, 1.54) is 10.5 Å². The van der Waals surface area contributed by atoms with Crippen molar-refractivity contribution in [3.8, 4) is 5.75 Å². The smallest absolute Gasteiger partial charge is 0.119 e. The molecule has 2 N–H and O–H groups in total. The molecule has 0 saturated heterocycles. The van der Waals surface area contributed by atoms with E-state index in [-0.39, 0.29) is 6.04 Å². The lowest BCUT2D eigenvalue weighted by atomic mass is 9.96. The van der Waals surface area contributed by atoms with Crippen molar-refractivity contribution in [2.75, 3.05) is 12.9 Å². The van der Waals surface area contributed by atoms with E-state index >= 15 is 0 Å². The quantitative estimate of drug-likeness (QED) is 0.771. The van der Waals surface area contributed by atoms with Crippen LogP contribution in [0.1, 0.15) is 18.5 Å². The van der Waals surface area contributed by atoms with Crippen molar-refractivity contribution in [3.05, 3.63) is 23.8 Å². The predicted molar refractivity (Wildman–Crippen MR) is 59.8 cm³/mol. The van der Waals surface area contributed by atoms with E-state index in [9.17, 15) is 0 Å². The van der Waals surface area contributed by atoms with E-state index in [2.05, 4.69) is 19.1 Å². The summed E-state index contributed by atoms with van der Waals surface area (Å²) in [6, 6.07) is 6.32. The number of thioether (sulfide) groups is 1. The van der Waals surface area contributed by atoms with Gasteiger partial charge < -0.3 is 10.5 Å². The van der Waals surface area contributed by atoms with Crippen molar-refractivity contribution in [1.29, 1.82) is 0 Å². The van der Waals surface area contributed by atoms with Crippen molar-refractivity contribution in [1.82, 2.24) is 0 Å². The average Bonchev–Trinajstić information content (AvgIpc) is 2.23. The number of nitrogens with two attached hydrogens (primary N) is 1. The van der Waals surface area contributed by atoms with Crippen LogP contribution in [0.4, 0.5) is 0 Å². The molecule has 0 fully saturated rings. The number of hydrogen-bond donors (Lipinski definition) is 1. The highest BCUT2D eigenvalue weighted by atomic mass is 32.2. The Kier molecular flexibility index (Phi) is 2.70. The summed E-state index contributed by atoms with van der Waals surface area (Å²) in [5, 5.41) is 0. The van der Waals surface area contributed by atoms with Crippen LogP contribution in [-0.2, 0) is 0 Å². The van der Waals surface area contributed by atoms with Gasteiger partial charge in [-0.3, -0.25) is 0 Å². The van der Waals surface area contributed by atoms with Gasteiger partial charge in [-0.25, -0.2) is 0 Å². The van der Waals surface area contributed by atoms with E-state index < -0.39 is 0 Å². The SMILES string of the molecule is COc1ccc2c(c1)SCC(C)C2N. The molecule has 1 aliphatic heterocycles. The highest BCUT2D eigenvalue weighted by Crippen LogP contribution is 2.39. The van der Waals surface area contributed by atoms with Gasteiger partial charge in [0.1, 0.15) is 5.75 Å². The van der Waals surface area contributed by atoms with Gasteiger partial charge in [0.05, 0.1) is 7.11 Å². The van der Waals surface area contributed by atoms with Crippen LogP contribution in [0.2, 0.25) is 0 Å². The molecule has 3 heteroatoms. The number of benzene rings is 1. The molecule has 76 valence electrons. The van der Waals surface area contributed by atoms with Crippen LogP contribution in [0.3, 0.4) is 0 Å². The summed E-state index contributed by atoms with van der Waals surface area (Å²) in [5.41, 5.74) is 7.39. The molecule has 1 heterocycles. The van der Waals surface area contributed by atoms with Gasteiger partial charge in [-0.1, -0.05) is 13.0 Å². The van der Waals surface area contributed by atoms with Crippen LogP contribution < -0.4 is 10.5 Å². The highest BCUT2D eigenvalue weighted by Gasteiger charge is 2.23. The molecule has 0 aliphatic carbocycles. The standard InChI is InChI=1S/C11H15NOS/c1-7-6-14-10-5-8(13-2)3-4-9(10)11(7)12/h3-5,7,11H,6,12H2,1-2H3. The first kappa shape index (κ1) is 9.87. The van der Waals surface area contributed by atoms with Gasteiger partial charge in [-0.2, -0.15) is 0 Å². The van der Waals surface area contributed by atoms with Gasteiger partial charge >= 0.3 is 0 Å². The molecule has 1 aliphatic rings. The summed E-state index contributed by atoms with van der Waals surface area (Å²) in [6.07, 6.45) is 0. The van der Waals surface area contributed by atoms with Crippen molar-refractivity contribution >= 4 is 11.8 Å². The van der Waals surface area contributed by atoms with E-state index in [1.807, 2.05) is 17.8 Å². The molecule has 0 aromatic heterocycles. The van der Waals surface area contributed by atoms with Crippen LogP contribution in [0.25, 0.3) is 0 Å². The Hall–Kier alpha value is -0.670. The number of rotatable bonds is 1. The molecule has 14 heavy (non-hydrogen) atoms. The van der Waals surface area contributed by atoms with E-state index in [1.54, 1.807) is 7.11 Å². The first-order chi connectivity index (χ1) is 6.72. The minimum atomic E-state index is 0.178. The van der Waals surface area contributed by atoms with Gasteiger partial charge in [0, 0.05) is 16.7 Å². The van der Waals surface area contributed by atoms with Crippen molar-refractivity contribution in [2.24, 2.45) is 11.7 Å². The van der Waals surface area contributed by atoms with Crippen molar-refractivity contribution < 1.29 is 4.74 Å². The number of hydrogen-bond acceptors (Lipinski definition) is 3. The van der Waals surface area contributed by atoms with Crippen LogP contribution in [-0.4, -0.2) is 12.9 Å². The van der Waals surface area contributed by atoms with E-state index in [4.69, 9.17) is 10.5 Å². The summed E-state index contributed by atoms with van der Waals surface area (Å²) in [6.45, 7) is 2.20. The van der Waals surface area contributed by atoms with Gasteiger partial charge in [0.2, 0.25) is 0 Å². The Morgan fingerprint density at radius 3 is 3.00 bits per heavy atom. The van der Waals surface area contributed by atoms with Crippen LogP contribution in [0, 0.1) is 5.92 Å². The topological polar surface area (TPSA) is 35.2 Å². The lowest BCUT2D eigenvalue weighted by molar-refractivity contribution is 0.412. The zero-order chi connectivity index (χ0) is 10.1. The van der Waals surface area contributed by atoms with E-state index in [0.717, 1.165) is 11.5 Å². The molecule has 0 spiro atoms. The number of fused-ring (bicyclic) bond motifs is 1. The number of ether oxygens (including phenoxy) is 1. The number of methoxy groups -OCH3 is 1. The monoisotopic (exact) mass is 209 g/mol. The Balaban J connectivity index is 2.38. The Labute approximate surface area is 88.8 Å². The third-order valence-corrected chi connectivity index (χ3v) is 4.05. The third kappa shape index (κ3) is 1.62. The zero-order valence-corrected chi connectivity index (χ0v) is 9.30. The summed E-state index contributed by atoms with van der Waals surface area (Å²) in [7, 11) is 1.69. The summed E-state index contributed by atoms with van der Waals surface area (Å²) < 4.78 is 5.19. The van der Waals surface area contributed by atoms with E-state index in [0.29, 0.717) is 5.92 Å². The minimum Gasteiger partial charge on any atom is -0.497 e. The zero-order valence-electron chi connectivity index (χ0n) is 8.49. The molecule has 1 aromatic carbocycles. The van der Waals surface area contributed by atoms with Crippen LogP contribution in [0.5, 0.6) is 5.75 Å². The maximum Gasteiger partial charge on any atom is 0.119 e. The Morgan fingerprint density at radius 1 is 1.50 bits per heavy atom. The average molecular weight is 209 g/mol. The first-order valence-electron chi connectivity index (χ1n) is 4.78. The molecule has 0 radical (unpaired) electrons. The summed E-state index contributed by atoms with van der Waals surface area (Å²) in [4.78, 5) is 1.27. The molecule has 0 saturated carbocycles. The van der Waals surface area contributed by atoms with Crippen molar-refractivity contribution in [3.63, 3.8) is 0 Å². The molecular weight excluding hydrogens is 194 g/mol. The second-order valence-electron chi connectivity index (χ2n) is 3.72. The van der Waals surface area contributed by atoms with Gasteiger partial charge in [0.25, 0.3) is 0 Å². The Bertz CT molecular complexity index is 340. The van der Waals surface area contributed by atoms with Gasteiger partial charge in [-0.05, 0) is 23.6 Å². The third-order valence-electron chi connectivity index (χ3n) is 2.69. The Morgan fingerprint density at radius 2 is 2.29 bits per heavy atom. The highest BCUT2D eigenvalue weighted by molar-refractivity contribution is 7.99. The van der Waals surface area contributed by atoms with Gasteiger partial charge in [0.15, 0.2) is 0 Å². The molecule has 2 nitrogen and oxygen atoms in total. The second kappa shape index (κ2) is 3.83. The molecule has 0 bridgehead atoms. The summed E-state index contributed by atoms with van der Waals surface area (Å²) in [5.74, 6) is 2.57. The molecular formula is C11H15NOS. The molecule has 2 atom stereocenters. The molecule has 2 rings (SSSR count). The van der Waals surface area contributed by atoms with Crippen LogP contribution in [0.15, 0.2) is 23.1 Å². The predicted octanol–water partition coefficient (Wildman–Crippen LogP) is 2.44. The lowest BCUT2D eigenvalue weighted by Crippen LogP contribution is -2.24. The second-order valence-corrected chi connectivity index (χ2v) is 4.78. The molecule has 0 amide bonds. The first-order valence-corrected chi connectivity index (χ1v) is 5.77. The fourth-order valence-electron chi connectivity index (χ4n) is 1.67. The lowest BCUT2D eigenvalue weighted by Gasteiger charge is -2.27. The normalized spacial score (nSPS) is 25.6.